The van der Waals surface area contributed by atoms with Crippen molar-refractivity contribution < 1.29 is 22.7 Å². The molecular formula is C30H35Cl2N3O5S. The van der Waals surface area contributed by atoms with Crippen LogP contribution < -0.4 is 14.4 Å². The number of carbonyl (C=O) groups is 2. The van der Waals surface area contributed by atoms with Gasteiger partial charge < -0.3 is 15.0 Å². The van der Waals surface area contributed by atoms with Crippen LogP contribution in [0.2, 0.25) is 10.0 Å². The Bertz CT molecular complexity index is 1450. The van der Waals surface area contributed by atoms with Gasteiger partial charge in [0, 0.05) is 23.1 Å². The SMILES string of the molecule is CCC(C(=O)NCC(C)C)N(Cc1ccccc1Cl)C(=O)CN(c1cc(Cl)ccc1OC)S(=O)(=O)c1ccccc1. The Hall–Kier alpha value is -3.27. The minimum atomic E-state index is -4.27. The molecule has 0 aliphatic rings. The molecule has 1 unspecified atom stereocenters. The Labute approximate surface area is 252 Å². The zero-order valence-corrected chi connectivity index (χ0v) is 25.8. The van der Waals surface area contributed by atoms with Crippen molar-refractivity contribution in [2.24, 2.45) is 5.92 Å². The number of hydrogen-bond acceptors (Lipinski definition) is 5. The van der Waals surface area contributed by atoms with Gasteiger partial charge in [-0.15, -0.1) is 0 Å². The molecule has 0 bridgehead atoms. The largest absolute Gasteiger partial charge is 0.495 e. The maximum absolute atomic E-state index is 14.2. The molecule has 0 aliphatic heterocycles. The summed E-state index contributed by atoms with van der Waals surface area (Å²) in [6.07, 6.45) is 0.298. The highest BCUT2D eigenvalue weighted by Gasteiger charge is 2.35. The van der Waals surface area contributed by atoms with Crippen molar-refractivity contribution >= 4 is 50.7 Å². The van der Waals surface area contributed by atoms with Gasteiger partial charge >= 0.3 is 0 Å². The molecule has 41 heavy (non-hydrogen) atoms. The van der Waals surface area contributed by atoms with Gasteiger partial charge in [-0.05, 0) is 54.3 Å². The third-order valence-electron chi connectivity index (χ3n) is 6.39. The van der Waals surface area contributed by atoms with Crippen LogP contribution >= 0.6 is 23.2 Å². The lowest BCUT2D eigenvalue weighted by Gasteiger charge is -2.33. The number of sulfonamides is 1. The molecule has 0 spiro atoms. The first-order chi connectivity index (χ1) is 19.5. The summed E-state index contributed by atoms with van der Waals surface area (Å²) in [4.78, 5) is 28.8. The van der Waals surface area contributed by atoms with Gasteiger partial charge in [0.25, 0.3) is 10.0 Å². The number of nitrogens with one attached hydrogen (secondary N) is 1. The van der Waals surface area contributed by atoms with E-state index in [-0.39, 0.29) is 39.7 Å². The van der Waals surface area contributed by atoms with Crippen molar-refractivity contribution in [3.63, 3.8) is 0 Å². The number of hydrogen-bond donors (Lipinski definition) is 1. The molecule has 0 fully saturated rings. The molecule has 8 nitrogen and oxygen atoms in total. The van der Waals surface area contributed by atoms with E-state index in [9.17, 15) is 18.0 Å². The number of amides is 2. The van der Waals surface area contributed by atoms with E-state index in [1.165, 1.54) is 36.3 Å². The summed E-state index contributed by atoms with van der Waals surface area (Å²) >= 11 is 12.7. The molecule has 1 atom stereocenters. The number of rotatable bonds is 13. The maximum atomic E-state index is 14.2. The van der Waals surface area contributed by atoms with Crippen LogP contribution in [0.1, 0.15) is 32.8 Å². The average molecular weight is 621 g/mol. The molecule has 0 radical (unpaired) electrons. The van der Waals surface area contributed by atoms with E-state index in [0.717, 1.165) is 4.31 Å². The minimum Gasteiger partial charge on any atom is -0.495 e. The topological polar surface area (TPSA) is 96.0 Å². The van der Waals surface area contributed by atoms with Gasteiger partial charge in [-0.3, -0.25) is 13.9 Å². The lowest BCUT2D eigenvalue weighted by atomic mass is 10.1. The smallest absolute Gasteiger partial charge is 0.264 e. The Morgan fingerprint density at radius 1 is 0.976 bits per heavy atom. The number of nitrogens with zero attached hydrogens (tertiary/aromatic N) is 2. The first-order valence-corrected chi connectivity index (χ1v) is 15.4. The fourth-order valence-corrected chi connectivity index (χ4v) is 6.04. The number of ether oxygens (including phenoxy) is 1. The Kier molecular flexibility index (Phi) is 11.5. The summed E-state index contributed by atoms with van der Waals surface area (Å²) in [5, 5.41) is 3.58. The number of benzene rings is 3. The van der Waals surface area contributed by atoms with Gasteiger partial charge in [-0.25, -0.2) is 8.42 Å². The first kappa shape index (κ1) is 32.2. The van der Waals surface area contributed by atoms with Crippen LogP contribution in [0.15, 0.2) is 77.7 Å². The summed E-state index contributed by atoms with van der Waals surface area (Å²) < 4.78 is 34.4. The zero-order chi connectivity index (χ0) is 30.2. The molecule has 0 aromatic heterocycles. The third-order valence-corrected chi connectivity index (χ3v) is 8.77. The number of methoxy groups -OCH3 is 1. The van der Waals surface area contributed by atoms with Crippen LogP contribution in [0.4, 0.5) is 5.69 Å². The van der Waals surface area contributed by atoms with Gasteiger partial charge in [0.2, 0.25) is 11.8 Å². The molecule has 0 saturated heterocycles. The molecule has 3 rings (SSSR count). The Morgan fingerprint density at radius 2 is 1.63 bits per heavy atom. The summed E-state index contributed by atoms with van der Waals surface area (Å²) in [5.74, 6) is -0.524. The van der Waals surface area contributed by atoms with Gasteiger partial charge in [0.05, 0.1) is 17.7 Å². The molecule has 0 heterocycles. The lowest BCUT2D eigenvalue weighted by molar-refractivity contribution is -0.140. The van der Waals surface area contributed by atoms with E-state index in [1.54, 1.807) is 55.5 Å². The molecule has 0 aliphatic carbocycles. The van der Waals surface area contributed by atoms with Gasteiger partial charge in [0.15, 0.2) is 0 Å². The van der Waals surface area contributed by atoms with Gasteiger partial charge in [-0.2, -0.15) is 0 Å². The van der Waals surface area contributed by atoms with Crippen molar-refractivity contribution in [3.05, 3.63) is 88.4 Å². The second-order valence-electron chi connectivity index (χ2n) is 9.82. The highest BCUT2D eigenvalue weighted by molar-refractivity contribution is 7.92. The van der Waals surface area contributed by atoms with E-state index in [4.69, 9.17) is 27.9 Å². The molecular weight excluding hydrogens is 585 g/mol. The highest BCUT2D eigenvalue weighted by atomic mass is 35.5. The van der Waals surface area contributed by atoms with Crippen molar-refractivity contribution in [2.75, 3.05) is 24.5 Å². The first-order valence-electron chi connectivity index (χ1n) is 13.2. The summed E-state index contributed by atoms with van der Waals surface area (Å²) in [6, 6.07) is 18.4. The molecule has 2 amide bonds. The van der Waals surface area contributed by atoms with Crippen LogP contribution in [-0.2, 0) is 26.2 Å². The van der Waals surface area contributed by atoms with Crippen LogP contribution in [0.25, 0.3) is 0 Å². The van der Waals surface area contributed by atoms with Crippen molar-refractivity contribution in [2.45, 2.75) is 44.7 Å². The minimum absolute atomic E-state index is 0.00197. The van der Waals surface area contributed by atoms with Crippen LogP contribution in [0.5, 0.6) is 5.75 Å². The normalized spacial score (nSPS) is 12.1. The summed E-state index contributed by atoms with van der Waals surface area (Å²) in [7, 11) is -2.87. The fraction of sp³-hybridized carbons (Fsp3) is 0.333. The van der Waals surface area contributed by atoms with Crippen LogP contribution in [-0.4, -0.2) is 51.4 Å². The van der Waals surface area contributed by atoms with Crippen molar-refractivity contribution in [1.29, 1.82) is 0 Å². The van der Waals surface area contributed by atoms with E-state index in [0.29, 0.717) is 23.6 Å². The fourth-order valence-electron chi connectivity index (χ4n) is 4.24. The average Bonchev–Trinajstić information content (AvgIpc) is 2.95. The van der Waals surface area contributed by atoms with Crippen LogP contribution in [0.3, 0.4) is 0 Å². The third kappa shape index (κ3) is 8.15. The van der Waals surface area contributed by atoms with Gasteiger partial charge in [-0.1, -0.05) is 80.4 Å². The van der Waals surface area contributed by atoms with E-state index >= 15 is 0 Å². The highest BCUT2D eigenvalue weighted by Crippen LogP contribution is 2.35. The predicted molar refractivity (Wildman–Crippen MR) is 163 cm³/mol. The summed E-state index contributed by atoms with van der Waals surface area (Å²) in [5.41, 5.74) is 0.711. The van der Waals surface area contributed by atoms with Gasteiger partial charge in [0.1, 0.15) is 18.3 Å². The van der Waals surface area contributed by atoms with Crippen molar-refractivity contribution in [1.82, 2.24) is 10.2 Å². The summed E-state index contributed by atoms with van der Waals surface area (Å²) in [6.45, 7) is 5.55. The molecule has 0 saturated carbocycles. The molecule has 11 heteroatoms. The number of carbonyl (C=O) groups excluding carboxylic acids is 2. The monoisotopic (exact) mass is 619 g/mol. The Balaban J connectivity index is 2.11. The molecule has 3 aromatic rings. The lowest BCUT2D eigenvalue weighted by Crippen LogP contribution is -2.52. The second kappa shape index (κ2) is 14.6. The standard InChI is InChI=1S/C30H35Cl2N3O5S/c1-5-26(30(37)33-18-21(2)3)34(19-22-11-9-10-14-25(22)32)29(36)20-35(27-17-23(31)15-16-28(27)40-4)41(38,39)24-12-7-6-8-13-24/h6-17,21,26H,5,18-20H2,1-4H3,(H,33,37). The van der Waals surface area contributed by atoms with Crippen molar-refractivity contribution in [3.8, 4) is 5.75 Å². The maximum Gasteiger partial charge on any atom is 0.264 e. The molecule has 3 aromatic carbocycles. The van der Waals surface area contributed by atoms with E-state index in [2.05, 4.69) is 5.32 Å². The number of anilines is 1. The number of halogens is 2. The second-order valence-corrected chi connectivity index (χ2v) is 12.5. The predicted octanol–water partition coefficient (Wildman–Crippen LogP) is 5.78. The Morgan fingerprint density at radius 3 is 2.24 bits per heavy atom. The van der Waals surface area contributed by atoms with E-state index < -0.39 is 28.5 Å². The zero-order valence-electron chi connectivity index (χ0n) is 23.5. The molecule has 1 N–H and O–H groups in total. The quantitative estimate of drug-likeness (QED) is 0.262. The van der Waals surface area contributed by atoms with E-state index in [1.807, 2.05) is 13.8 Å². The van der Waals surface area contributed by atoms with Crippen LogP contribution in [0, 0.1) is 5.92 Å². The molecule has 220 valence electrons.